The van der Waals surface area contributed by atoms with Gasteiger partial charge in [0.1, 0.15) is 29.8 Å². The van der Waals surface area contributed by atoms with Crippen molar-refractivity contribution in [3.05, 3.63) is 35.4 Å². The number of aromatic amines is 1. The molecule has 4 fully saturated rings. The zero-order valence-electron chi connectivity index (χ0n) is 26.6. The van der Waals surface area contributed by atoms with Gasteiger partial charge in [-0.15, -0.1) is 0 Å². The Labute approximate surface area is 270 Å². The van der Waals surface area contributed by atoms with Crippen LogP contribution in [-0.4, -0.2) is 92.8 Å². The molecule has 47 heavy (non-hydrogen) atoms. The van der Waals surface area contributed by atoms with Gasteiger partial charge in [0, 0.05) is 43.2 Å². The van der Waals surface area contributed by atoms with Crippen LogP contribution in [0.5, 0.6) is 6.01 Å². The van der Waals surface area contributed by atoms with Crippen molar-refractivity contribution < 1.29 is 23.0 Å². The van der Waals surface area contributed by atoms with Crippen molar-refractivity contribution in [1.29, 1.82) is 0 Å². The summed E-state index contributed by atoms with van der Waals surface area (Å²) in [5.41, 5.74) is 2.91. The fourth-order valence-electron chi connectivity index (χ4n) is 8.87. The number of aryl methyl sites for hydroxylation is 1. The van der Waals surface area contributed by atoms with Gasteiger partial charge in [0.2, 0.25) is 0 Å². The van der Waals surface area contributed by atoms with E-state index >= 15 is 4.39 Å². The molecule has 0 unspecified atom stereocenters. The number of ether oxygens (including phenoxy) is 2. The first-order valence-electron chi connectivity index (χ1n) is 16.8. The Morgan fingerprint density at radius 1 is 1.19 bits per heavy atom. The molecule has 1 saturated carbocycles. The Bertz CT molecular complexity index is 1940. The summed E-state index contributed by atoms with van der Waals surface area (Å²) < 4.78 is 43.7. The summed E-state index contributed by atoms with van der Waals surface area (Å²) in [5.74, 6) is 0.407. The number of hydrogen-bond acceptors (Lipinski definition) is 9. The Balaban J connectivity index is 1.21. The molecular formula is C34H38F2N8O3. The molecule has 5 atom stereocenters. The van der Waals surface area contributed by atoms with E-state index in [4.69, 9.17) is 19.4 Å². The molecule has 6 bridgehead atoms. The minimum Gasteiger partial charge on any atom is -0.461 e. The van der Waals surface area contributed by atoms with Gasteiger partial charge in [-0.2, -0.15) is 15.1 Å². The lowest BCUT2D eigenvalue weighted by molar-refractivity contribution is 0.107. The third kappa shape index (κ3) is 4.71. The zero-order chi connectivity index (χ0) is 32.1. The van der Waals surface area contributed by atoms with Crippen molar-refractivity contribution in [2.75, 3.05) is 44.3 Å². The van der Waals surface area contributed by atoms with Crippen molar-refractivity contribution >= 4 is 33.7 Å². The molecule has 10 rings (SSSR count). The molecule has 5 aliphatic heterocycles. The number of amides is 1. The second kappa shape index (κ2) is 10.4. The van der Waals surface area contributed by atoms with Gasteiger partial charge < -0.3 is 19.7 Å². The number of nitrogens with zero attached hydrogens (tertiary/aromatic N) is 6. The molecule has 6 aliphatic rings. The smallest absolute Gasteiger partial charge is 0.407 e. The number of alkyl carbamates (subject to hydrolysis) is 1. The number of carbonyl (C=O) groups is 1. The molecule has 1 aromatic carbocycles. The maximum atomic E-state index is 17.2. The number of rotatable bonds is 3. The fraction of sp³-hybridized carbons (Fsp3) is 0.559. The van der Waals surface area contributed by atoms with Gasteiger partial charge in [0.05, 0.1) is 34.8 Å². The average molecular weight is 645 g/mol. The van der Waals surface area contributed by atoms with Crippen LogP contribution in [-0.2, 0) is 4.74 Å². The van der Waals surface area contributed by atoms with Crippen molar-refractivity contribution in [3.8, 4) is 17.3 Å². The Morgan fingerprint density at radius 3 is 2.98 bits per heavy atom. The van der Waals surface area contributed by atoms with Crippen molar-refractivity contribution in [2.45, 2.75) is 75.5 Å². The van der Waals surface area contributed by atoms with Crippen LogP contribution >= 0.6 is 0 Å². The van der Waals surface area contributed by atoms with Gasteiger partial charge in [0.25, 0.3) is 0 Å². The number of hydrogen-bond donors (Lipinski definition) is 2. The van der Waals surface area contributed by atoms with Gasteiger partial charge in [-0.25, -0.2) is 13.6 Å². The number of anilines is 1. The van der Waals surface area contributed by atoms with Crippen molar-refractivity contribution in [3.63, 3.8) is 0 Å². The Hall–Kier alpha value is -4.13. The molecule has 246 valence electrons. The summed E-state index contributed by atoms with van der Waals surface area (Å²) >= 11 is 0. The molecule has 1 amide bonds. The molecule has 13 heteroatoms. The second-order valence-corrected chi connectivity index (χ2v) is 14.6. The van der Waals surface area contributed by atoms with Gasteiger partial charge in [-0.05, 0) is 81.5 Å². The number of H-pyrrole nitrogens is 1. The van der Waals surface area contributed by atoms with Crippen molar-refractivity contribution in [2.24, 2.45) is 5.92 Å². The summed E-state index contributed by atoms with van der Waals surface area (Å²) in [5, 5.41) is 11.7. The van der Waals surface area contributed by atoms with E-state index in [0.717, 1.165) is 47.8 Å². The number of pyridine rings is 1. The van der Waals surface area contributed by atoms with E-state index < -0.39 is 29.2 Å². The zero-order valence-corrected chi connectivity index (χ0v) is 26.6. The predicted molar refractivity (Wildman–Crippen MR) is 171 cm³/mol. The van der Waals surface area contributed by atoms with E-state index in [0.29, 0.717) is 68.2 Å². The van der Waals surface area contributed by atoms with Crippen LogP contribution in [0.25, 0.3) is 33.1 Å². The highest BCUT2D eigenvalue weighted by atomic mass is 19.1. The normalized spacial score (nSPS) is 30.3. The van der Waals surface area contributed by atoms with Crippen LogP contribution in [0.1, 0.15) is 62.5 Å². The number of benzene rings is 1. The monoisotopic (exact) mass is 644 g/mol. The maximum absolute atomic E-state index is 17.2. The average Bonchev–Trinajstić information content (AvgIpc) is 3.36. The largest absolute Gasteiger partial charge is 0.461 e. The van der Waals surface area contributed by atoms with Crippen LogP contribution < -0.4 is 15.0 Å². The number of fused-ring (bicyclic) bond motifs is 7. The lowest BCUT2D eigenvalue weighted by atomic mass is 9.91. The van der Waals surface area contributed by atoms with E-state index in [1.807, 2.05) is 18.7 Å². The molecule has 0 spiro atoms. The number of halogens is 2. The molecule has 4 aromatic rings. The first-order valence-corrected chi connectivity index (χ1v) is 16.8. The molecule has 3 aromatic heterocycles. The highest BCUT2D eigenvalue weighted by Gasteiger charge is 2.49. The van der Waals surface area contributed by atoms with Gasteiger partial charge in [-0.3, -0.25) is 15.0 Å². The van der Waals surface area contributed by atoms with Gasteiger partial charge in [0.15, 0.2) is 5.82 Å². The highest BCUT2D eigenvalue weighted by molar-refractivity contribution is 6.00. The molecule has 1 aliphatic carbocycles. The van der Waals surface area contributed by atoms with E-state index in [9.17, 15) is 9.18 Å². The van der Waals surface area contributed by atoms with E-state index in [1.165, 1.54) is 0 Å². The Kier molecular flexibility index (Phi) is 6.45. The summed E-state index contributed by atoms with van der Waals surface area (Å²) in [7, 11) is 0. The van der Waals surface area contributed by atoms with Gasteiger partial charge >= 0.3 is 12.1 Å². The minimum absolute atomic E-state index is 0.0474. The molecule has 8 heterocycles. The first kappa shape index (κ1) is 29.0. The lowest BCUT2D eigenvalue weighted by Crippen LogP contribution is -2.48. The summed E-state index contributed by atoms with van der Waals surface area (Å²) in [6.45, 7) is 6.79. The minimum atomic E-state index is -0.898. The molecule has 0 radical (unpaired) electrons. The van der Waals surface area contributed by atoms with Crippen LogP contribution in [0.2, 0.25) is 0 Å². The van der Waals surface area contributed by atoms with Gasteiger partial charge in [-0.1, -0.05) is 0 Å². The predicted octanol–water partition coefficient (Wildman–Crippen LogP) is 5.17. The molecule has 3 saturated heterocycles. The summed E-state index contributed by atoms with van der Waals surface area (Å²) in [6, 6.07) is 2.10. The SMILES string of the molecule is Cc1cc2[nH]ncc2c2c1[C@H]1C[C@H]1CCOC(=O)N[C@]1(C)CCN(C1)c1nc(OC[C@@]34CCCN3C[C@H](F)C4)nc3c(F)c-2ncc13. The highest BCUT2D eigenvalue weighted by Crippen LogP contribution is 2.55. The van der Waals surface area contributed by atoms with Crippen LogP contribution in [0.4, 0.5) is 19.4 Å². The number of nitrogens with one attached hydrogen (secondary N) is 2. The van der Waals surface area contributed by atoms with E-state index in [1.54, 1.807) is 12.4 Å². The molecular weight excluding hydrogens is 606 g/mol. The first-order chi connectivity index (χ1) is 22.7. The second-order valence-electron chi connectivity index (χ2n) is 14.6. The van der Waals surface area contributed by atoms with Crippen LogP contribution in [0.3, 0.4) is 0 Å². The number of aromatic nitrogens is 5. The third-order valence-electron chi connectivity index (χ3n) is 11.3. The lowest BCUT2D eigenvalue weighted by Gasteiger charge is -2.31. The topological polar surface area (TPSA) is 121 Å². The summed E-state index contributed by atoms with van der Waals surface area (Å²) in [6.07, 6.45) is 6.53. The molecule has 2 N–H and O–H groups in total. The van der Waals surface area contributed by atoms with E-state index in [-0.39, 0.29) is 29.7 Å². The standard InChI is InChI=1S/C34H38F2N8O3/c1-18-10-24-22(14-38-42-24)26-25(18)21-11-19(21)4-9-46-32(45)41-33(2)6-8-43(16-33)30-23-13-37-29(26)27(36)28(23)39-31(40-30)47-17-34-5-3-7-44(34)15-20(35)12-34/h10,13-14,19-21H,3-9,11-12,15-17H2,1-2H3,(H,38,42)(H,41,45)/t19-,20-,21+,33-,34+/m1/s1. The number of alkyl halides is 1. The van der Waals surface area contributed by atoms with Crippen LogP contribution in [0, 0.1) is 18.7 Å². The van der Waals surface area contributed by atoms with E-state index in [2.05, 4.69) is 31.5 Å². The third-order valence-corrected chi connectivity index (χ3v) is 11.3. The maximum Gasteiger partial charge on any atom is 0.407 e. The number of carbonyl (C=O) groups excluding carboxylic acids is 1. The summed E-state index contributed by atoms with van der Waals surface area (Å²) in [4.78, 5) is 31.4. The van der Waals surface area contributed by atoms with Crippen molar-refractivity contribution in [1.82, 2.24) is 35.4 Å². The Morgan fingerprint density at radius 2 is 2.09 bits per heavy atom. The van der Waals surface area contributed by atoms with Crippen LogP contribution in [0.15, 0.2) is 18.5 Å². The molecule has 11 nitrogen and oxygen atoms in total. The fourth-order valence-corrected chi connectivity index (χ4v) is 8.87. The quantitative estimate of drug-likeness (QED) is 0.311.